The summed E-state index contributed by atoms with van der Waals surface area (Å²) in [7, 11) is 0. The van der Waals surface area contributed by atoms with Gasteiger partial charge in [0.25, 0.3) is 0 Å². The highest BCUT2D eigenvalue weighted by Crippen LogP contribution is 2.37. The van der Waals surface area contributed by atoms with Crippen LogP contribution in [0.15, 0.2) is 48.5 Å². The second-order valence-electron chi connectivity index (χ2n) is 7.36. The van der Waals surface area contributed by atoms with E-state index in [-0.39, 0.29) is 36.9 Å². The van der Waals surface area contributed by atoms with Gasteiger partial charge in [-0.1, -0.05) is 48.5 Å². The average molecular weight is 366 g/mol. The number of rotatable bonds is 6. The van der Waals surface area contributed by atoms with Gasteiger partial charge in [-0.2, -0.15) is 0 Å². The molecule has 1 fully saturated rings. The Bertz CT molecular complexity index is 770. The molecule has 2 aromatic carbocycles. The van der Waals surface area contributed by atoms with E-state index >= 15 is 0 Å². The van der Waals surface area contributed by atoms with Crippen LogP contribution in [-0.4, -0.2) is 53.2 Å². The number of aliphatic hydroxyl groups is 2. The first-order valence-corrected chi connectivity index (χ1v) is 9.51. The molecule has 1 aliphatic heterocycles. The molecular formula is C23H28NO3. The molecule has 1 heterocycles. The number of carbonyl (C=O) groups excluding carboxylic acids is 1. The fourth-order valence-corrected chi connectivity index (χ4v) is 3.98. The Morgan fingerprint density at radius 2 is 1.78 bits per heavy atom. The molecule has 0 aromatic heterocycles. The maximum absolute atomic E-state index is 13.4. The van der Waals surface area contributed by atoms with E-state index in [4.69, 9.17) is 0 Å². The number of hydrogen-bond donors (Lipinski definition) is 2. The molecule has 4 nitrogen and oxygen atoms in total. The van der Waals surface area contributed by atoms with E-state index in [9.17, 15) is 15.0 Å². The minimum absolute atomic E-state index is 0.0203. The van der Waals surface area contributed by atoms with E-state index < -0.39 is 0 Å². The molecule has 0 unspecified atom stereocenters. The number of nitrogens with zero attached hydrogens (tertiary/aromatic N) is 1. The number of Topliss-reactive ketones (excluding diaryl/α,β-unsaturated/α-hetero) is 1. The summed E-state index contributed by atoms with van der Waals surface area (Å²) >= 11 is 0. The highest BCUT2D eigenvalue weighted by Gasteiger charge is 2.38. The molecule has 1 radical (unpaired) electrons. The van der Waals surface area contributed by atoms with Crippen molar-refractivity contribution in [2.75, 3.05) is 26.3 Å². The topological polar surface area (TPSA) is 60.8 Å². The van der Waals surface area contributed by atoms with Crippen molar-refractivity contribution >= 4 is 5.78 Å². The maximum atomic E-state index is 13.4. The van der Waals surface area contributed by atoms with Crippen LogP contribution in [0.4, 0.5) is 0 Å². The van der Waals surface area contributed by atoms with E-state index in [2.05, 4.69) is 32.4 Å². The van der Waals surface area contributed by atoms with Crippen molar-refractivity contribution in [1.82, 2.24) is 4.90 Å². The largest absolute Gasteiger partial charge is 0.395 e. The molecule has 2 N–H and O–H groups in total. The Hall–Kier alpha value is -2.01. The summed E-state index contributed by atoms with van der Waals surface area (Å²) in [5.41, 5.74) is 4.34. The number of aryl methyl sites for hydroxylation is 1. The smallest absolute Gasteiger partial charge is 0.167 e. The summed E-state index contributed by atoms with van der Waals surface area (Å²) in [4.78, 5) is 15.4. The molecule has 1 saturated heterocycles. The molecule has 3 rings (SSSR count). The van der Waals surface area contributed by atoms with Gasteiger partial charge < -0.3 is 10.2 Å². The summed E-state index contributed by atoms with van der Waals surface area (Å²) in [5, 5.41) is 19.2. The molecule has 0 spiro atoms. The minimum atomic E-state index is -0.341. The van der Waals surface area contributed by atoms with Crippen LogP contribution in [-0.2, 0) is 0 Å². The minimum Gasteiger partial charge on any atom is -0.395 e. The van der Waals surface area contributed by atoms with Crippen molar-refractivity contribution in [3.8, 4) is 0 Å². The average Bonchev–Trinajstić information content (AvgIpc) is 2.71. The van der Waals surface area contributed by atoms with Gasteiger partial charge in [-0.05, 0) is 42.9 Å². The molecule has 2 atom stereocenters. The molecule has 143 valence electrons. The van der Waals surface area contributed by atoms with E-state index in [1.54, 1.807) is 0 Å². The van der Waals surface area contributed by atoms with Gasteiger partial charge in [0.15, 0.2) is 5.78 Å². The van der Waals surface area contributed by atoms with Crippen LogP contribution in [0.1, 0.15) is 33.0 Å². The van der Waals surface area contributed by atoms with E-state index in [1.807, 2.05) is 41.3 Å². The van der Waals surface area contributed by atoms with Gasteiger partial charge in [0.1, 0.15) is 0 Å². The van der Waals surface area contributed by atoms with Gasteiger partial charge in [-0.15, -0.1) is 0 Å². The highest BCUT2D eigenvalue weighted by molar-refractivity contribution is 5.98. The van der Waals surface area contributed by atoms with E-state index in [0.29, 0.717) is 18.7 Å². The summed E-state index contributed by atoms with van der Waals surface area (Å²) in [5.74, 6) is -0.119. The number of carbonyl (C=O) groups is 1. The van der Waals surface area contributed by atoms with Gasteiger partial charge in [0, 0.05) is 24.6 Å². The van der Waals surface area contributed by atoms with E-state index in [1.165, 1.54) is 16.7 Å². The van der Waals surface area contributed by atoms with E-state index in [0.717, 1.165) is 0 Å². The Labute approximate surface area is 161 Å². The second kappa shape index (κ2) is 8.79. The number of aliphatic hydroxyl groups excluding tert-OH is 2. The summed E-state index contributed by atoms with van der Waals surface area (Å²) in [6, 6.07) is 15.3. The lowest BCUT2D eigenvalue weighted by Gasteiger charge is -2.41. The standard InChI is InChI=1S/C23H28NO3/c1-16-7-6-10-20(17(16)2)21-11-12-24(19(14-25)15-26)13-22(21)23(27)18-8-4-3-5-9-18/h3-11,19,21-22,25-26H,12-15H2,1-2H3/t21-,22+/m1/s1. The zero-order valence-corrected chi connectivity index (χ0v) is 16.0. The lowest BCUT2D eigenvalue weighted by Crippen LogP contribution is -2.50. The Morgan fingerprint density at radius 3 is 2.44 bits per heavy atom. The molecule has 0 saturated carbocycles. The molecule has 0 bridgehead atoms. The van der Waals surface area contributed by atoms with Crippen molar-refractivity contribution in [1.29, 1.82) is 0 Å². The van der Waals surface area contributed by atoms with Crippen molar-refractivity contribution in [2.24, 2.45) is 5.92 Å². The van der Waals surface area contributed by atoms with Crippen molar-refractivity contribution in [3.63, 3.8) is 0 Å². The van der Waals surface area contributed by atoms with Gasteiger partial charge >= 0.3 is 0 Å². The molecule has 27 heavy (non-hydrogen) atoms. The summed E-state index contributed by atoms with van der Waals surface area (Å²) in [6.45, 7) is 5.13. The fraction of sp³-hybridized carbons (Fsp3) is 0.391. The number of likely N-dealkylation sites (tertiary alicyclic amines) is 1. The molecule has 4 heteroatoms. The van der Waals surface area contributed by atoms with Crippen LogP contribution in [0.25, 0.3) is 0 Å². The summed E-state index contributed by atoms with van der Waals surface area (Å²) in [6.07, 6.45) is 2.16. The number of benzene rings is 2. The number of hydrogen-bond acceptors (Lipinski definition) is 4. The third-order valence-electron chi connectivity index (χ3n) is 5.80. The molecule has 0 amide bonds. The quantitative estimate of drug-likeness (QED) is 0.772. The van der Waals surface area contributed by atoms with Gasteiger partial charge in [0.2, 0.25) is 0 Å². The Morgan fingerprint density at radius 1 is 1.07 bits per heavy atom. The lowest BCUT2D eigenvalue weighted by atomic mass is 9.74. The Kier molecular flexibility index (Phi) is 6.42. The molecule has 2 aromatic rings. The van der Waals surface area contributed by atoms with Gasteiger partial charge in [-0.25, -0.2) is 0 Å². The third kappa shape index (κ3) is 4.13. The highest BCUT2D eigenvalue weighted by atomic mass is 16.3. The SMILES string of the molecule is Cc1cccc([C@H]2[CH]CN(C(CO)CO)C[C@@H]2C(=O)c2ccccc2)c1C. The van der Waals surface area contributed by atoms with Crippen LogP contribution in [0.3, 0.4) is 0 Å². The monoisotopic (exact) mass is 366 g/mol. The second-order valence-corrected chi connectivity index (χ2v) is 7.36. The fourth-order valence-electron chi connectivity index (χ4n) is 3.98. The van der Waals surface area contributed by atoms with Crippen LogP contribution < -0.4 is 0 Å². The Balaban J connectivity index is 1.96. The number of ketones is 1. The predicted molar refractivity (Wildman–Crippen MR) is 107 cm³/mol. The maximum Gasteiger partial charge on any atom is 0.167 e. The van der Waals surface area contributed by atoms with Gasteiger partial charge in [0.05, 0.1) is 19.3 Å². The normalized spacial score (nSPS) is 20.8. The first-order valence-electron chi connectivity index (χ1n) is 9.51. The zero-order chi connectivity index (χ0) is 19.4. The van der Waals surface area contributed by atoms with Crippen LogP contribution >= 0.6 is 0 Å². The number of piperidine rings is 1. The molecule has 0 aliphatic carbocycles. The zero-order valence-electron chi connectivity index (χ0n) is 16.0. The first-order chi connectivity index (χ1) is 13.1. The van der Waals surface area contributed by atoms with Crippen molar-refractivity contribution in [3.05, 3.63) is 77.2 Å². The van der Waals surface area contributed by atoms with Crippen molar-refractivity contribution < 1.29 is 15.0 Å². The van der Waals surface area contributed by atoms with Crippen LogP contribution in [0, 0.1) is 26.2 Å². The lowest BCUT2D eigenvalue weighted by molar-refractivity contribution is 0.0472. The first kappa shape index (κ1) is 19.7. The van der Waals surface area contributed by atoms with Crippen LogP contribution in [0.2, 0.25) is 0 Å². The van der Waals surface area contributed by atoms with Crippen LogP contribution in [0.5, 0.6) is 0 Å². The summed E-state index contributed by atoms with van der Waals surface area (Å²) < 4.78 is 0. The third-order valence-corrected chi connectivity index (χ3v) is 5.80. The van der Waals surface area contributed by atoms with Crippen molar-refractivity contribution in [2.45, 2.75) is 25.8 Å². The molecule has 1 aliphatic rings. The predicted octanol–water partition coefficient (Wildman–Crippen LogP) is 2.76. The van der Waals surface area contributed by atoms with Gasteiger partial charge in [-0.3, -0.25) is 9.69 Å². The molecular weight excluding hydrogens is 338 g/mol.